The predicted molar refractivity (Wildman–Crippen MR) is 76.2 cm³/mol. The summed E-state index contributed by atoms with van der Waals surface area (Å²) in [5.74, 6) is 0.874. The summed E-state index contributed by atoms with van der Waals surface area (Å²) < 4.78 is 4.94. The van der Waals surface area contributed by atoms with E-state index in [0.717, 1.165) is 18.9 Å². The van der Waals surface area contributed by atoms with Crippen LogP contribution in [0.25, 0.3) is 0 Å². The average molecular weight is 329 g/mol. The van der Waals surface area contributed by atoms with Crippen LogP contribution in [0.5, 0.6) is 0 Å². The molecule has 0 aliphatic carbocycles. The van der Waals surface area contributed by atoms with Crippen LogP contribution in [0.4, 0.5) is 0 Å². The fraction of sp³-hybridized carbons (Fsp3) is 0.900. The maximum atomic E-state index is 4.94. The first kappa shape index (κ1) is 17.4. The monoisotopic (exact) mass is 329 g/mol. The van der Waals surface area contributed by atoms with E-state index in [1.165, 1.54) is 0 Å². The highest BCUT2D eigenvalue weighted by molar-refractivity contribution is 14.0. The van der Waals surface area contributed by atoms with Gasteiger partial charge >= 0.3 is 0 Å². The molecule has 0 spiro atoms. The molecule has 4 nitrogen and oxygen atoms in total. The summed E-state index contributed by atoms with van der Waals surface area (Å²) in [5.41, 5.74) is 0. The second-order valence-corrected chi connectivity index (χ2v) is 3.21. The largest absolute Gasteiger partial charge is 0.383 e. The Hall–Kier alpha value is -0.0400. The van der Waals surface area contributed by atoms with Gasteiger partial charge in [-0.25, -0.2) is 0 Å². The maximum Gasteiger partial charge on any atom is 0.191 e. The Labute approximate surface area is 110 Å². The molecule has 5 heteroatoms. The Bertz CT molecular complexity index is 165. The number of aliphatic imine (C=N–C) groups is 1. The van der Waals surface area contributed by atoms with Crippen molar-refractivity contribution in [2.24, 2.45) is 4.99 Å². The number of halogens is 1. The first-order chi connectivity index (χ1) is 6.74. The van der Waals surface area contributed by atoms with Gasteiger partial charge in [0.2, 0.25) is 0 Å². The molecule has 0 saturated carbocycles. The highest BCUT2D eigenvalue weighted by Crippen LogP contribution is 1.87. The lowest BCUT2D eigenvalue weighted by Gasteiger charge is -2.15. The van der Waals surface area contributed by atoms with Gasteiger partial charge in [0.15, 0.2) is 5.96 Å². The van der Waals surface area contributed by atoms with E-state index in [9.17, 15) is 0 Å². The standard InChI is InChI=1S/C10H23N3O.HI/c1-5-9(3)13-10(11-6-2)12-7-8-14-4;/h9H,5-8H2,1-4H3,(H2,11,12,13);1H. The lowest BCUT2D eigenvalue weighted by atomic mass is 10.3. The quantitative estimate of drug-likeness (QED) is 0.337. The number of hydrogen-bond acceptors (Lipinski definition) is 2. The average Bonchev–Trinajstić information content (AvgIpc) is 2.18. The zero-order valence-electron chi connectivity index (χ0n) is 10.2. The van der Waals surface area contributed by atoms with Gasteiger partial charge in [-0.1, -0.05) is 6.92 Å². The van der Waals surface area contributed by atoms with Gasteiger partial charge in [-0.2, -0.15) is 0 Å². The van der Waals surface area contributed by atoms with E-state index < -0.39 is 0 Å². The topological polar surface area (TPSA) is 45.7 Å². The highest BCUT2D eigenvalue weighted by Gasteiger charge is 2.01. The Kier molecular flexibility index (Phi) is 13.9. The summed E-state index contributed by atoms with van der Waals surface area (Å²) in [4.78, 5) is 4.36. The molecule has 1 unspecified atom stereocenters. The van der Waals surface area contributed by atoms with Crippen molar-refractivity contribution in [3.63, 3.8) is 0 Å². The summed E-state index contributed by atoms with van der Waals surface area (Å²) in [7, 11) is 1.69. The van der Waals surface area contributed by atoms with Crippen molar-refractivity contribution in [1.29, 1.82) is 0 Å². The third-order valence-electron chi connectivity index (χ3n) is 1.91. The van der Waals surface area contributed by atoms with Crippen LogP contribution in [-0.4, -0.2) is 38.8 Å². The number of rotatable bonds is 6. The fourth-order valence-electron chi connectivity index (χ4n) is 0.904. The lowest BCUT2D eigenvalue weighted by Crippen LogP contribution is -2.42. The summed E-state index contributed by atoms with van der Waals surface area (Å²) in [6.45, 7) is 8.60. The fourth-order valence-corrected chi connectivity index (χ4v) is 0.904. The molecule has 0 aromatic rings. The van der Waals surface area contributed by atoms with Gasteiger partial charge in [0, 0.05) is 19.7 Å². The van der Waals surface area contributed by atoms with E-state index in [0.29, 0.717) is 19.2 Å². The summed E-state index contributed by atoms with van der Waals surface area (Å²) in [6.07, 6.45) is 1.09. The minimum absolute atomic E-state index is 0. The van der Waals surface area contributed by atoms with E-state index in [-0.39, 0.29) is 24.0 Å². The molecule has 0 aliphatic rings. The first-order valence-corrected chi connectivity index (χ1v) is 5.28. The van der Waals surface area contributed by atoms with Crippen LogP contribution in [0.1, 0.15) is 27.2 Å². The van der Waals surface area contributed by atoms with Crippen LogP contribution in [0.3, 0.4) is 0 Å². The molecular formula is C10H24IN3O. The van der Waals surface area contributed by atoms with Crippen molar-refractivity contribution in [2.45, 2.75) is 33.2 Å². The molecular weight excluding hydrogens is 305 g/mol. The Morgan fingerprint density at radius 2 is 2.07 bits per heavy atom. The van der Waals surface area contributed by atoms with Crippen molar-refractivity contribution >= 4 is 29.9 Å². The molecule has 0 heterocycles. The minimum atomic E-state index is 0. The highest BCUT2D eigenvalue weighted by atomic mass is 127. The zero-order valence-corrected chi connectivity index (χ0v) is 12.5. The van der Waals surface area contributed by atoms with Crippen molar-refractivity contribution < 1.29 is 4.74 Å². The van der Waals surface area contributed by atoms with Crippen LogP contribution >= 0.6 is 24.0 Å². The summed E-state index contributed by atoms with van der Waals surface area (Å²) in [6, 6.07) is 0.454. The van der Waals surface area contributed by atoms with Gasteiger partial charge in [0.25, 0.3) is 0 Å². The van der Waals surface area contributed by atoms with Crippen molar-refractivity contribution in [3.05, 3.63) is 0 Å². The molecule has 0 aromatic heterocycles. The van der Waals surface area contributed by atoms with Crippen LogP contribution in [0.2, 0.25) is 0 Å². The van der Waals surface area contributed by atoms with Crippen LogP contribution in [-0.2, 0) is 4.74 Å². The van der Waals surface area contributed by atoms with Gasteiger partial charge in [-0.15, -0.1) is 24.0 Å². The van der Waals surface area contributed by atoms with E-state index in [2.05, 4.69) is 36.4 Å². The van der Waals surface area contributed by atoms with Crippen LogP contribution in [0, 0.1) is 0 Å². The number of nitrogens with one attached hydrogen (secondary N) is 2. The van der Waals surface area contributed by atoms with Gasteiger partial charge in [-0.3, -0.25) is 4.99 Å². The third-order valence-corrected chi connectivity index (χ3v) is 1.91. The van der Waals surface area contributed by atoms with Gasteiger partial charge < -0.3 is 15.4 Å². The SMILES string of the molecule is CCNC(=NCCOC)NC(C)CC.I. The zero-order chi connectivity index (χ0) is 10.8. The number of methoxy groups -OCH3 is 1. The number of hydrogen-bond donors (Lipinski definition) is 2. The van der Waals surface area contributed by atoms with E-state index in [1.54, 1.807) is 7.11 Å². The minimum Gasteiger partial charge on any atom is -0.383 e. The normalized spacial score (nSPS) is 12.9. The van der Waals surface area contributed by atoms with Crippen LogP contribution < -0.4 is 10.6 Å². The third kappa shape index (κ3) is 10.2. The predicted octanol–water partition coefficient (Wildman–Crippen LogP) is 1.60. The van der Waals surface area contributed by atoms with Crippen molar-refractivity contribution in [3.8, 4) is 0 Å². The second kappa shape index (κ2) is 12.0. The van der Waals surface area contributed by atoms with E-state index in [1.807, 2.05) is 0 Å². The molecule has 0 fully saturated rings. The van der Waals surface area contributed by atoms with Crippen LogP contribution in [0.15, 0.2) is 4.99 Å². The lowest BCUT2D eigenvalue weighted by molar-refractivity contribution is 0.208. The van der Waals surface area contributed by atoms with Crippen molar-refractivity contribution in [1.82, 2.24) is 10.6 Å². The summed E-state index contributed by atoms with van der Waals surface area (Å²) >= 11 is 0. The first-order valence-electron chi connectivity index (χ1n) is 5.28. The number of nitrogens with zero attached hydrogens (tertiary/aromatic N) is 1. The Morgan fingerprint density at radius 3 is 2.53 bits per heavy atom. The van der Waals surface area contributed by atoms with Gasteiger partial charge in [0.1, 0.15) is 0 Å². The molecule has 0 aliphatic heterocycles. The summed E-state index contributed by atoms with van der Waals surface area (Å²) in [5, 5.41) is 6.50. The second-order valence-electron chi connectivity index (χ2n) is 3.21. The van der Waals surface area contributed by atoms with Gasteiger partial charge in [0.05, 0.1) is 13.2 Å². The number of guanidine groups is 1. The Balaban J connectivity index is 0. The molecule has 0 bridgehead atoms. The molecule has 92 valence electrons. The number of ether oxygens (including phenoxy) is 1. The Morgan fingerprint density at radius 1 is 1.40 bits per heavy atom. The molecule has 15 heavy (non-hydrogen) atoms. The molecule has 1 atom stereocenters. The smallest absolute Gasteiger partial charge is 0.191 e. The molecule has 0 amide bonds. The molecule has 0 saturated heterocycles. The van der Waals surface area contributed by atoms with Crippen molar-refractivity contribution in [2.75, 3.05) is 26.8 Å². The molecule has 0 rings (SSSR count). The van der Waals surface area contributed by atoms with Gasteiger partial charge in [-0.05, 0) is 20.3 Å². The van der Waals surface area contributed by atoms with E-state index >= 15 is 0 Å². The molecule has 0 radical (unpaired) electrons. The molecule has 0 aromatic carbocycles. The van der Waals surface area contributed by atoms with E-state index in [4.69, 9.17) is 4.74 Å². The maximum absolute atomic E-state index is 4.94. The molecule has 2 N–H and O–H groups in total.